The Balaban J connectivity index is 1.30. The van der Waals surface area contributed by atoms with Gasteiger partial charge in [0.15, 0.2) is 0 Å². The molecule has 11 rings (SSSR count). The predicted octanol–water partition coefficient (Wildman–Crippen LogP) is 14.1. The first kappa shape index (κ1) is 28.4. The quantitative estimate of drug-likeness (QED) is 0.170. The van der Waals surface area contributed by atoms with Crippen molar-refractivity contribution in [2.24, 2.45) is 0 Å². The lowest BCUT2D eigenvalue weighted by Gasteiger charge is -2.29. The van der Waals surface area contributed by atoms with Crippen molar-refractivity contribution in [2.75, 3.05) is 4.90 Å². The minimum absolute atomic E-state index is 1.14. The molecule has 2 nitrogen and oxygen atoms in total. The average Bonchev–Trinajstić information content (AvgIpc) is 3.74. The highest BCUT2D eigenvalue weighted by Crippen LogP contribution is 2.48. The molecule has 0 unspecified atom stereocenters. The second kappa shape index (κ2) is 11.0. The molecule has 0 fully saturated rings. The van der Waals surface area contributed by atoms with Crippen LogP contribution in [0.1, 0.15) is 0 Å². The van der Waals surface area contributed by atoms with Crippen LogP contribution in [-0.2, 0) is 0 Å². The van der Waals surface area contributed by atoms with Gasteiger partial charge in [0, 0.05) is 47.7 Å². The zero-order chi connectivity index (χ0) is 33.5. The van der Waals surface area contributed by atoms with Crippen molar-refractivity contribution in [3.05, 3.63) is 182 Å². The van der Waals surface area contributed by atoms with Crippen molar-refractivity contribution in [3.63, 3.8) is 0 Å². The van der Waals surface area contributed by atoms with Crippen LogP contribution in [0.3, 0.4) is 0 Å². The molecular formula is C48H30N2S. The van der Waals surface area contributed by atoms with Gasteiger partial charge >= 0.3 is 0 Å². The number of aromatic nitrogens is 1. The van der Waals surface area contributed by atoms with E-state index in [1.54, 1.807) is 0 Å². The molecule has 0 aliphatic carbocycles. The zero-order valence-electron chi connectivity index (χ0n) is 27.6. The summed E-state index contributed by atoms with van der Waals surface area (Å²) < 4.78 is 5.04. The number of fused-ring (bicyclic) bond motifs is 11. The molecule has 0 saturated carbocycles. The number of benzene rings is 9. The van der Waals surface area contributed by atoms with E-state index in [2.05, 4.69) is 191 Å². The van der Waals surface area contributed by atoms with Crippen molar-refractivity contribution >= 4 is 103 Å². The number of thiophene rings is 1. The van der Waals surface area contributed by atoms with Crippen LogP contribution < -0.4 is 4.90 Å². The molecule has 0 bridgehead atoms. The maximum absolute atomic E-state index is 2.52. The van der Waals surface area contributed by atoms with Crippen molar-refractivity contribution in [3.8, 4) is 5.69 Å². The SMILES string of the molecule is c1ccc(-n2c3ccccc3c3cccc(N(c4ccc5c(c4)sc4ccccc45)c4cc5ccc6ccccc6c5c5ccccc45)c32)cc1. The largest absolute Gasteiger partial charge is 0.308 e. The minimum Gasteiger partial charge on any atom is -0.308 e. The Bertz CT molecular complexity index is 3150. The molecule has 0 N–H and O–H groups in total. The standard InChI is InChI=1S/C48H30N2S/c1-2-14-33(15-3-1)50-42-22-10-8-18-37(42)41-21-12-23-43(48(41)50)49(34-27-28-39-38-19-9-11-24-45(38)51-46(39)30-34)44-29-32-26-25-31-13-4-5-16-35(31)47(32)40-20-7-6-17-36(40)44/h1-30H. The second-order valence-electron chi connectivity index (χ2n) is 13.3. The van der Waals surface area contributed by atoms with Crippen LogP contribution in [0.4, 0.5) is 17.1 Å². The summed E-state index contributed by atoms with van der Waals surface area (Å²) in [6.07, 6.45) is 0. The summed E-state index contributed by atoms with van der Waals surface area (Å²) in [6.45, 7) is 0. The van der Waals surface area contributed by atoms with Crippen LogP contribution in [0.2, 0.25) is 0 Å². The molecule has 0 atom stereocenters. The lowest BCUT2D eigenvalue weighted by atomic mass is 9.94. The van der Waals surface area contributed by atoms with E-state index < -0.39 is 0 Å². The third-order valence-corrected chi connectivity index (χ3v) is 11.6. The van der Waals surface area contributed by atoms with E-state index in [9.17, 15) is 0 Å². The van der Waals surface area contributed by atoms with Crippen LogP contribution in [0.5, 0.6) is 0 Å². The highest BCUT2D eigenvalue weighted by atomic mass is 32.1. The first-order valence-electron chi connectivity index (χ1n) is 17.4. The highest BCUT2D eigenvalue weighted by Gasteiger charge is 2.24. The molecule has 51 heavy (non-hydrogen) atoms. The smallest absolute Gasteiger partial charge is 0.0782 e. The maximum atomic E-state index is 2.52. The Morgan fingerprint density at radius 2 is 1.06 bits per heavy atom. The van der Waals surface area contributed by atoms with Gasteiger partial charge < -0.3 is 9.47 Å². The van der Waals surface area contributed by atoms with Gasteiger partial charge in [0.05, 0.1) is 22.4 Å². The van der Waals surface area contributed by atoms with Crippen molar-refractivity contribution < 1.29 is 0 Å². The molecular weight excluding hydrogens is 637 g/mol. The van der Waals surface area contributed by atoms with Crippen LogP contribution >= 0.6 is 11.3 Å². The van der Waals surface area contributed by atoms with E-state index in [0.717, 1.165) is 22.7 Å². The minimum atomic E-state index is 1.14. The van der Waals surface area contributed by atoms with Gasteiger partial charge in [0.2, 0.25) is 0 Å². The third-order valence-electron chi connectivity index (χ3n) is 10.5. The summed E-state index contributed by atoms with van der Waals surface area (Å²) in [4.78, 5) is 2.52. The topological polar surface area (TPSA) is 8.17 Å². The highest BCUT2D eigenvalue weighted by molar-refractivity contribution is 7.25. The Kier molecular flexibility index (Phi) is 6.16. The van der Waals surface area contributed by atoms with Gasteiger partial charge in [-0.2, -0.15) is 0 Å². The Morgan fingerprint density at radius 3 is 1.94 bits per heavy atom. The molecule has 0 radical (unpaired) electrons. The maximum Gasteiger partial charge on any atom is 0.0782 e. The monoisotopic (exact) mass is 666 g/mol. The van der Waals surface area contributed by atoms with Gasteiger partial charge in [-0.1, -0.05) is 133 Å². The van der Waals surface area contributed by atoms with Gasteiger partial charge in [-0.25, -0.2) is 0 Å². The summed E-state index contributed by atoms with van der Waals surface area (Å²) in [6, 6.07) is 66.8. The van der Waals surface area contributed by atoms with Gasteiger partial charge in [-0.05, 0) is 75.5 Å². The molecule has 11 aromatic rings. The summed E-state index contributed by atoms with van der Waals surface area (Å²) in [7, 11) is 0. The molecule has 0 aliphatic heterocycles. The molecule has 0 spiro atoms. The lowest BCUT2D eigenvalue weighted by Crippen LogP contribution is -2.12. The fourth-order valence-corrected chi connectivity index (χ4v) is 9.47. The zero-order valence-corrected chi connectivity index (χ0v) is 28.4. The molecule has 0 saturated heterocycles. The van der Waals surface area contributed by atoms with E-state index in [1.807, 2.05) is 11.3 Å². The molecule has 9 aromatic carbocycles. The van der Waals surface area contributed by atoms with Gasteiger partial charge in [-0.3, -0.25) is 0 Å². The number of para-hydroxylation sites is 3. The lowest BCUT2D eigenvalue weighted by molar-refractivity contribution is 1.17. The normalized spacial score (nSPS) is 11.9. The Hall–Kier alpha value is -6.42. The molecule has 0 amide bonds. The van der Waals surface area contributed by atoms with Crippen LogP contribution in [-0.4, -0.2) is 4.57 Å². The number of hydrogen-bond donors (Lipinski definition) is 0. The van der Waals surface area contributed by atoms with Crippen molar-refractivity contribution in [1.82, 2.24) is 4.57 Å². The van der Waals surface area contributed by atoms with Crippen LogP contribution in [0, 0.1) is 0 Å². The summed E-state index contributed by atoms with van der Waals surface area (Å²) in [5.41, 5.74) is 6.96. The van der Waals surface area contributed by atoms with Gasteiger partial charge in [0.25, 0.3) is 0 Å². The number of nitrogens with zero attached hydrogens (tertiary/aromatic N) is 2. The first-order valence-corrected chi connectivity index (χ1v) is 18.3. The van der Waals surface area contributed by atoms with E-state index in [1.165, 1.54) is 74.3 Å². The third kappa shape index (κ3) is 4.22. The van der Waals surface area contributed by atoms with Gasteiger partial charge in [-0.15, -0.1) is 11.3 Å². The van der Waals surface area contributed by atoms with Crippen LogP contribution in [0.15, 0.2) is 182 Å². The molecule has 0 aliphatic rings. The van der Waals surface area contributed by atoms with E-state index in [-0.39, 0.29) is 0 Å². The summed E-state index contributed by atoms with van der Waals surface area (Å²) >= 11 is 1.87. The fourth-order valence-electron chi connectivity index (χ4n) is 8.33. The second-order valence-corrected chi connectivity index (χ2v) is 14.4. The average molecular weight is 667 g/mol. The molecule has 2 aromatic heterocycles. The number of hydrogen-bond acceptors (Lipinski definition) is 2. The molecule has 3 heteroatoms. The number of anilines is 3. The Morgan fingerprint density at radius 1 is 0.392 bits per heavy atom. The van der Waals surface area contributed by atoms with E-state index in [4.69, 9.17) is 0 Å². The molecule has 2 heterocycles. The van der Waals surface area contributed by atoms with Crippen molar-refractivity contribution in [2.45, 2.75) is 0 Å². The first-order chi connectivity index (χ1) is 25.3. The van der Waals surface area contributed by atoms with Gasteiger partial charge in [0.1, 0.15) is 0 Å². The summed E-state index contributed by atoms with van der Waals surface area (Å²) in [5, 5.41) is 12.6. The Labute approximate surface area is 298 Å². The summed E-state index contributed by atoms with van der Waals surface area (Å²) in [5.74, 6) is 0. The van der Waals surface area contributed by atoms with Crippen LogP contribution in [0.25, 0.3) is 80.0 Å². The fraction of sp³-hybridized carbons (Fsp3) is 0. The van der Waals surface area contributed by atoms with E-state index in [0.29, 0.717) is 0 Å². The van der Waals surface area contributed by atoms with E-state index >= 15 is 0 Å². The predicted molar refractivity (Wildman–Crippen MR) is 221 cm³/mol. The number of rotatable bonds is 4. The molecule has 238 valence electrons. The van der Waals surface area contributed by atoms with Crippen molar-refractivity contribution in [1.29, 1.82) is 0 Å².